The van der Waals surface area contributed by atoms with Crippen molar-refractivity contribution in [2.24, 2.45) is 0 Å². The zero-order chi connectivity index (χ0) is 13.7. The molecule has 1 saturated heterocycles. The average molecular weight is 283 g/mol. The normalized spacial score (nSPS) is 16.3. The van der Waals surface area contributed by atoms with Gasteiger partial charge >= 0.3 is 0 Å². The molecule has 0 aliphatic carbocycles. The molecule has 1 aromatic rings. The zero-order valence-electron chi connectivity index (χ0n) is 11.0. The lowest BCUT2D eigenvalue weighted by molar-refractivity contribution is -0.115. The number of aryl methyl sites for hydroxylation is 1. The van der Waals surface area contributed by atoms with Crippen LogP contribution in [0.25, 0.3) is 0 Å². The predicted octanol–water partition coefficient (Wildman–Crippen LogP) is 2.36. The van der Waals surface area contributed by atoms with Gasteiger partial charge in [0, 0.05) is 30.0 Å². The maximum atomic E-state index is 11.9. The minimum atomic E-state index is -0.0446. The van der Waals surface area contributed by atoms with Crippen LogP contribution in [0.1, 0.15) is 18.4 Å². The van der Waals surface area contributed by atoms with Gasteiger partial charge in [0.1, 0.15) is 0 Å². The SMILES string of the molecule is Cc1ccc(Cl)cc1NC(=O)CNC1CCOCC1. The largest absolute Gasteiger partial charge is 0.381 e. The summed E-state index contributed by atoms with van der Waals surface area (Å²) < 4.78 is 5.28. The number of carbonyl (C=O) groups is 1. The molecule has 19 heavy (non-hydrogen) atoms. The van der Waals surface area contributed by atoms with Crippen LogP contribution in [-0.2, 0) is 9.53 Å². The van der Waals surface area contributed by atoms with Crippen molar-refractivity contribution < 1.29 is 9.53 Å². The van der Waals surface area contributed by atoms with Crippen molar-refractivity contribution in [1.29, 1.82) is 0 Å². The number of nitrogens with one attached hydrogen (secondary N) is 2. The van der Waals surface area contributed by atoms with Crippen LogP contribution in [0.4, 0.5) is 5.69 Å². The Bertz CT molecular complexity index is 445. The molecule has 4 nitrogen and oxygen atoms in total. The van der Waals surface area contributed by atoms with E-state index in [0.717, 1.165) is 37.3 Å². The van der Waals surface area contributed by atoms with Crippen molar-refractivity contribution in [3.05, 3.63) is 28.8 Å². The van der Waals surface area contributed by atoms with E-state index >= 15 is 0 Å². The van der Waals surface area contributed by atoms with Crippen LogP contribution >= 0.6 is 11.6 Å². The van der Waals surface area contributed by atoms with E-state index in [1.807, 2.05) is 19.1 Å². The van der Waals surface area contributed by atoms with Gasteiger partial charge in [0.15, 0.2) is 0 Å². The molecule has 1 aromatic carbocycles. The fourth-order valence-electron chi connectivity index (χ4n) is 2.06. The monoisotopic (exact) mass is 282 g/mol. The fraction of sp³-hybridized carbons (Fsp3) is 0.500. The summed E-state index contributed by atoms with van der Waals surface area (Å²) in [7, 11) is 0. The molecule has 0 radical (unpaired) electrons. The molecular weight excluding hydrogens is 264 g/mol. The molecule has 0 aromatic heterocycles. The summed E-state index contributed by atoms with van der Waals surface area (Å²) in [5.74, 6) is -0.0446. The second kappa shape index (κ2) is 6.89. The molecule has 1 aliphatic heterocycles. The molecule has 5 heteroatoms. The molecular formula is C14H19ClN2O2. The quantitative estimate of drug-likeness (QED) is 0.891. The van der Waals surface area contributed by atoms with Crippen LogP contribution in [0.5, 0.6) is 0 Å². The summed E-state index contributed by atoms with van der Waals surface area (Å²) in [6, 6.07) is 5.85. The van der Waals surface area contributed by atoms with Crippen molar-refractivity contribution in [2.75, 3.05) is 25.1 Å². The van der Waals surface area contributed by atoms with Gasteiger partial charge in [-0.3, -0.25) is 4.79 Å². The molecule has 0 spiro atoms. The van der Waals surface area contributed by atoms with E-state index in [1.165, 1.54) is 0 Å². The lowest BCUT2D eigenvalue weighted by Crippen LogP contribution is -2.39. The first kappa shape index (κ1) is 14.3. The maximum Gasteiger partial charge on any atom is 0.238 e. The van der Waals surface area contributed by atoms with Crippen molar-refractivity contribution in [1.82, 2.24) is 5.32 Å². The Morgan fingerprint density at radius 3 is 2.89 bits per heavy atom. The summed E-state index contributed by atoms with van der Waals surface area (Å²) in [4.78, 5) is 11.9. The Morgan fingerprint density at radius 2 is 2.16 bits per heavy atom. The molecule has 0 saturated carbocycles. The summed E-state index contributed by atoms with van der Waals surface area (Å²) in [5.41, 5.74) is 1.77. The van der Waals surface area contributed by atoms with Gasteiger partial charge in [0.05, 0.1) is 6.54 Å². The van der Waals surface area contributed by atoms with Crippen LogP contribution in [0, 0.1) is 6.92 Å². The van der Waals surface area contributed by atoms with Crippen LogP contribution in [0.3, 0.4) is 0 Å². The molecule has 0 atom stereocenters. The van der Waals surface area contributed by atoms with E-state index in [4.69, 9.17) is 16.3 Å². The lowest BCUT2D eigenvalue weighted by Gasteiger charge is -2.23. The molecule has 2 N–H and O–H groups in total. The molecule has 0 bridgehead atoms. The van der Waals surface area contributed by atoms with Crippen molar-refractivity contribution in [2.45, 2.75) is 25.8 Å². The highest BCUT2D eigenvalue weighted by Gasteiger charge is 2.14. The number of anilines is 1. The summed E-state index contributed by atoms with van der Waals surface area (Å²) in [5, 5.41) is 6.75. The Hall–Kier alpha value is -1.10. The first-order valence-corrected chi connectivity index (χ1v) is 6.90. The third kappa shape index (κ3) is 4.49. The van der Waals surface area contributed by atoms with Gasteiger partial charge in [-0.25, -0.2) is 0 Å². The Balaban J connectivity index is 1.81. The van der Waals surface area contributed by atoms with Crippen molar-refractivity contribution >= 4 is 23.2 Å². The first-order valence-electron chi connectivity index (χ1n) is 6.52. The van der Waals surface area contributed by atoms with Crippen LogP contribution in [-0.4, -0.2) is 31.7 Å². The van der Waals surface area contributed by atoms with E-state index in [9.17, 15) is 4.79 Å². The van der Waals surface area contributed by atoms with E-state index in [-0.39, 0.29) is 5.91 Å². The first-order chi connectivity index (χ1) is 9.15. The molecule has 2 rings (SSSR count). The average Bonchev–Trinajstić information content (AvgIpc) is 2.42. The number of amides is 1. The second-order valence-corrected chi connectivity index (χ2v) is 5.21. The molecule has 104 valence electrons. The standard InChI is InChI=1S/C14H19ClN2O2/c1-10-2-3-11(15)8-13(10)17-14(18)9-16-12-4-6-19-7-5-12/h2-3,8,12,16H,4-7,9H2,1H3,(H,17,18). The molecule has 1 amide bonds. The van der Waals surface area contributed by atoms with Crippen LogP contribution in [0.2, 0.25) is 5.02 Å². The van der Waals surface area contributed by atoms with Gasteiger partial charge in [-0.05, 0) is 37.5 Å². The van der Waals surface area contributed by atoms with Gasteiger partial charge in [0.2, 0.25) is 5.91 Å². The second-order valence-electron chi connectivity index (χ2n) is 4.77. The third-order valence-corrected chi connectivity index (χ3v) is 3.48. The number of hydrogen-bond donors (Lipinski definition) is 2. The third-order valence-electron chi connectivity index (χ3n) is 3.25. The number of hydrogen-bond acceptors (Lipinski definition) is 3. The Labute approximate surface area is 118 Å². The minimum absolute atomic E-state index is 0.0446. The summed E-state index contributed by atoms with van der Waals surface area (Å²) in [6.07, 6.45) is 1.92. The van der Waals surface area contributed by atoms with Gasteiger partial charge < -0.3 is 15.4 Å². The maximum absolute atomic E-state index is 11.9. The summed E-state index contributed by atoms with van der Waals surface area (Å²) >= 11 is 5.92. The number of halogens is 1. The van der Waals surface area contributed by atoms with E-state index in [0.29, 0.717) is 17.6 Å². The van der Waals surface area contributed by atoms with Crippen LogP contribution in [0.15, 0.2) is 18.2 Å². The molecule has 0 unspecified atom stereocenters. The Morgan fingerprint density at radius 1 is 1.42 bits per heavy atom. The smallest absolute Gasteiger partial charge is 0.238 e. The van der Waals surface area contributed by atoms with E-state index in [2.05, 4.69) is 10.6 Å². The minimum Gasteiger partial charge on any atom is -0.381 e. The number of benzene rings is 1. The number of rotatable bonds is 4. The van der Waals surface area contributed by atoms with Gasteiger partial charge in [-0.15, -0.1) is 0 Å². The predicted molar refractivity (Wildman–Crippen MR) is 76.7 cm³/mol. The highest BCUT2D eigenvalue weighted by molar-refractivity contribution is 6.31. The molecule has 1 fully saturated rings. The van der Waals surface area contributed by atoms with E-state index in [1.54, 1.807) is 6.07 Å². The molecule has 1 aliphatic rings. The highest BCUT2D eigenvalue weighted by atomic mass is 35.5. The van der Waals surface area contributed by atoms with Crippen molar-refractivity contribution in [3.63, 3.8) is 0 Å². The van der Waals surface area contributed by atoms with Crippen molar-refractivity contribution in [3.8, 4) is 0 Å². The van der Waals surface area contributed by atoms with Gasteiger partial charge in [-0.2, -0.15) is 0 Å². The zero-order valence-corrected chi connectivity index (χ0v) is 11.8. The lowest BCUT2D eigenvalue weighted by atomic mass is 10.1. The number of carbonyl (C=O) groups excluding carboxylic acids is 1. The van der Waals surface area contributed by atoms with E-state index < -0.39 is 0 Å². The van der Waals surface area contributed by atoms with Gasteiger partial charge in [0.25, 0.3) is 0 Å². The summed E-state index contributed by atoms with van der Waals surface area (Å²) in [6.45, 7) is 3.80. The van der Waals surface area contributed by atoms with Gasteiger partial charge in [-0.1, -0.05) is 17.7 Å². The topological polar surface area (TPSA) is 50.4 Å². The Kier molecular flexibility index (Phi) is 5.19. The fourth-order valence-corrected chi connectivity index (χ4v) is 2.23. The molecule has 1 heterocycles. The highest BCUT2D eigenvalue weighted by Crippen LogP contribution is 2.19. The van der Waals surface area contributed by atoms with Crippen LogP contribution < -0.4 is 10.6 Å². The number of ether oxygens (including phenoxy) is 1.